The van der Waals surface area contributed by atoms with E-state index in [1.165, 1.54) is 24.2 Å². The number of hydrogen-bond donors (Lipinski definition) is 0. The van der Waals surface area contributed by atoms with Crippen molar-refractivity contribution in [2.24, 2.45) is 5.92 Å². The molecule has 3 heteroatoms. The molecule has 3 atom stereocenters. The summed E-state index contributed by atoms with van der Waals surface area (Å²) in [5, 5.41) is 0.836. The Labute approximate surface area is 109 Å². The highest BCUT2D eigenvalue weighted by molar-refractivity contribution is 9.10. The van der Waals surface area contributed by atoms with Crippen molar-refractivity contribution in [1.82, 2.24) is 0 Å². The van der Waals surface area contributed by atoms with Gasteiger partial charge in [0.15, 0.2) is 0 Å². The molecule has 0 radical (unpaired) electrons. The van der Waals surface area contributed by atoms with Gasteiger partial charge in [0.2, 0.25) is 0 Å². The van der Waals surface area contributed by atoms with E-state index in [1.54, 1.807) is 0 Å². The summed E-state index contributed by atoms with van der Waals surface area (Å²) in [6.45, 7) is 0.925. The molecule has 1 aromatic rings. The van der Waals surface area contributed by atoms with E-state index in [2.05, 4.69) is 52.0 Å². The predicted octanol–water partition coefficient (Wildman–Crippen LogP) is 4.03. The van der Waals surface area contributed by atoms with Crippen molar-refractivity contribution in [3.05, 3.63) is 34.3 Å². The van der Waals surface area contributed by atoms with Gasteiger partial charge in [0.25, 0.3) is 0 Å². The van der Waals surface area contributed by atoms with Gasteiger partial charge in [0.05, 0.1) is 6.10 Å². The van der Waals surface area contributed by atoms with Crippen LogP contribution in [0.1, 0.15) is 24.5 Å². The number of ether oxygens (including phenoxy) is 1. The van der Waals surface area contributed by atoms with Gasteiger partial charge < -0.3 is 4.74 Å². The molecule has 0 N–H and O–H groups in total. The maximum Gasteiger partial charge on any atom is 0.0863 e. The molecule has 0 spiro atoms. The second-order valence-electron chi connectivity index (χ2n) is 4.49. The molecule has 2 aliphatic heterocycles. The van der Waals surface area contributed by atoms with Crippen LogP contribution in [0.3, 0.4) is 0 Å². The summed E-state index contributed by atoms with van der Waals surface area (Å²) < 4.78 is 7.13. The Kier molecular flexibility index (Phi) is 3.27. The van der Waals surface area contributed by atoms with Gasteiger partial charge in [0, 0.05) is 22.2 Å². The number of fused-ring (bicyclic) bond motifs is 1. The van der Waals surface area contributed by atoms with Crippen molar-refractivity contribution in [2.75, 3.05) is 12.4 Å². The Morgan fingerprint density at radius 1 is 1.19 bits per heavy atom. The maximum absolute atomic E-state index is 5.99. The molecule has 0 amide bonds. The molecule has 1 aromatic carbocycles. The lowest BCUT2D eigenvalue weighted by Gasteiger charge is -2.33. The summed E-state index contributed by atoms with van der Waals surface area (Å²) in [6.07, 6.45) is 2.89. The lowest BCUT2D eigenvalue weighted by molar-refractivity contribution is -0.0223. The largest absolute Gasteiger partial charge is 0.373 e. The molecule has 2 saturated heterocycles. The van der Waals surface area contributed by atoms with E-state index in [0.29, 0.717) is 6.10 Å². The molecule has 1 nitrogen and oxygen atoms in total. The Hall–Kier alpha value is 0.01000. The highest BCUT2D eigenvalue weighted by atomic mass is 79.9. The van der Waals surface area contributed by atoms with E-state index in [1.807, 2.05) is 0 Å². The molecule has 0 aliphatic carbocycles. The molecule has 3 rings (SSSR count). The van der Waals surface area contributed by atoms with Gasteiger partial charge in [0.1, 0.15) is 0 Å². The molecular formula is C13H15BrOS. The van der Waals surface area contributed by atoms with Crippen LogP contribution >= 0.6 is 27.7 Å². The first-order valence-electron chi connectivity index (χ1n) is 5.83. The zero-order valence-electron chi connectivity index (χ0n) is 9.06. The first kappa shape index (κ1) is 11.1. The van der Waals surface area contributed by atoms with Gasteiger partial charge in [-0.15, -0.1) is 0 Å². The molecule has 0 saturated carbocycles. The average molecular weight is 299 g/mol. The number of rotatable bonds is 1. The van der Waals surface area contributed by atoms with Crippen LogP contribution in [-0.4, -0.2) is 17.6 Å². The highest BCUT2D eigenvalue weighted by Gasteiger charge is 2.38. The van der Waals surface area contributed by atoms with Crippen molar-refractivity contribution >= 4 is 27.7 Å². The number of hydrogen-bond acceptors (Lipinski definition) is 2. The second kappa shape index (κ2) is 4.71. The average Bonchev–Trinajstić information content (AvgIpc) is 2.78. The standard InChI is InChI=1S/C13H15BrOS/c14-10-3-1-9(2-4-10)13-11-6-8-16-12(11)5-7-15-13/h1-4,11-13H,5-8H2/t11-,12+,13?/m1/s1. The SMILES string of the molecule is Brc1ccc(C2OCC[C@@H]3SCC[C@@H]23)cc1. The minimum absolute atomic E-state index is 0.335. The van der Waals surface area contributed by atoms with Crippen LogP contribution in [0, 0.1) is 5.92 Å². The van der Waals surface area contributed by atoms with Gasteiger partial charge in [-0.3, -0.25) is 0 Å². The fourth-order valence-electron chi connectivity index (χ4n) is 2.74. The minimum Gasteiger partial charge on any atom is -0.373 e. The van der Waals surface area contributed by atoms with Crippen LogP contribution in [0.5, 0.6) is 0 Å². The first-order chi connectivity index (χ1) is 7.84. The zero-order valence-corrected chi connectivity index (χ0v) is 11.5. The van der Waals surface area contributed by atoms with Gasteiger partial charge in [-0.25, -0.2) is 0 Å². The molecule has 1 unspecified atom stereocenters. The minimum atomic E-state index is 0.335. The van der Waals surface area contributed by atoms with E-state index in [4.69, 9.17) is 4.74 Å². The van der Waals surface area contributed by atoms with Crippen LogP contribution in [0.25, 0.3) is 0 Å². The second-order valence-corrected chi connectivity index (χ2v) is 6.76. The molecule has 2 aliphatic rings. The topological polar surface area (TPSA) is 9.23 Å². The molecule has 2 fully saturated rings. The monoisotopic (exact) mass is 298 g/mol. The normalized spacial score (nSPS) is 33.7. The van der Waals surface area contributed by atoms with Crippen molar-refractivity contribution in [1.29, 1.82) is 0 Å². The Morgan fingerprint density at radius 2 is 2.00 bits per heavy atom. The van der Waals surface area contributed by atoms with Crippen LogP contribution in [0.15, 0.2) is 28.7 Å². The van der Waals surface area contributed by atoms with Crippen molar-refractivity contribution < 1.29 is 4.74 Å². The zero-order chi connectivity index (χ0) is 11.0. The molecule has 0 aromatic heterocycles. The Bertz CT molecular complexity index is 365. The number of benzene rings is 1. The summed E-state index contributed by atoms with van der Waals surface area (Å²) in [7, 11) is 0. The van der Waals surface area contributed by atoms with Crippen molar-refractivity contribution in [3.8, 4) is 0 Å². The summed E-state index contributed by atoms with van der Waals surface area (Å²) in [5.74, 6) is 2.05. The molecule has 16 heavy (non-hydrogen) atoms. The summed E-state index contributed by atoms with van der Waals surface area (Å²) >= 11 is 5.62. The van der Waals surface area contributed by atoms with Gasteiger partial charge >= 0.3 is 0 Å². The van der Waals surface area contributed by atoms with Crippen LogP contribution < -0.4 is 0 Å². The van der Waals surface area contributed by atoms with Gasteiger partial charge in [-0.2, -0.15) is 11.8 Å². The van der Waals surface area contributed by atoms with E-state index >= 15 is 0 Å². The number of halogens is 1. The number of thioether (sulfide) groups is 1. The lowest BCUT2D eigenvalue weighted by atomic mass is 9.87. The fraction of sp³-hybridized carbons (Fsp3) is 0.538. The molecule has 86 valence electrons. The van der Waals surface area contributed by atoms with Gasteiger partial charge in [-0.1, -0.05) is 28.1 Å². The van der Waals surface area contributed by atoms with Crippen molar-refractivity contribution in [2.45, 2.75) is 24.2 Å². The van der Waals surface area contributed by atoms with Crippen LogP contribution in [-0.2, 0) is 4.74 Å². The van der Waals surface area contributed by atoms with E-state index in [9.17, 15) is 0 Å². The summed E-state index contributed by atoms with van der Waals surface area (Å²) in [5.41, 5.74) is 1.35. The smallest absolute Gasteiger partial charge is 0.0863 e. The van der Waals surface area contributed by atoms with E-state index < -0.39 is 0 Å². The first-order valence-corrected chi connectivity index (χ1v) is 7.67. The third-order valence-electron chi connectivity index (χ3n) is 3.55. The third kappa shape index (κ3) is 2.05. The van der Waals surface area contributed by atoms with E-state index in [-0.39, 0.29) is 0 Å². The van der Waals surface area contributed by atoms with Crippen LogP contribution in [0.2, 0.25) is 0 Å². The van der Waals surface area contributed by atoms with Crippen LogP contribution in [0.4, 0.5) is 0 Å². The molecule has 0 bridgehead atoms. The quantitative estimate of drug-likeness (QED) is 0.774. The van der Waals surface area contributed by atoms with Crippen molar-refractivity contribution in [3.63, 3.8) is 0 Å². The molecular weight excluding hydrogens is 284 g/mol. The maximum atomic E-state index is 5.99. The van der Waals surface area contributed by atoms with Gasteiger partial charge in [-0.05, 0) is 36.3 Å². The predicted molar refractivity (Wildman–Crippen MR) is 71.8 cm³/mol. The van der Waals surface area contributed by atoms with E-state index in [0.717, 1.165) is 22.2 Å². The Morgan fingerprint density at radius 3 is 2.81 bits per heavy atom. The fourth-order valence-corrected chi connectivity index (χ4v) is 4.50. The lowest BCUT2D eigenvalue weighted by Crippen LogP contribution is -2.29. The summed E-state index contributed by atoms with van der Waals surface area (Å²) in [6, 6.07) is 8.62. The summed E-state index contributed by atoms with van der Waals surface area (Å²) in [4.78, 5) is 0. The Balaban J connectivity index is 1.85. The highest BCUT2D eigenvalue weighted by Crippen LogP contribution is 2.46. The molecule has 2 heterocycles. The third-order valence-corrected chi connectivity index (χ3v) is 5.56.